The molecule has 1 fully saturated rings. The van der Waals surface area contributed by atoms with Gasteiger partial charge in [0, 0.05) is 10.9 Å². The summed E-state index contributed by atoms with van der Waals surface area (Å²) < 4.78 is 25.7. The number of benzene rings is 2. The Balaban J connectivity index is 2.03. The van der Waals surface area contributed by atoms with E-state index >= 15 is 0 Å². The number of imide groups is 2. The van der Waals surface area contributed by atoms with E-state index < -0.39 is 45.3 Å². The molecule has 0 aromatic heterocycles. The third-order valence-electron chi connectivity index (χ3n) is 4.24. The quantitative estimate of drug-likeness (QED) is 0.737. The van der Waals surface area contributed by atoms with E-state index in [1.54, 1.807) is 42.5 Å². The maximum atomic E-state index is 12.8. The molecule has 7 nitrogen and oxygen atoms in total. The van der Waals surface area contributed by atoms with Crippen LogP contribution in [0.4, 0.5) is 4.79 Å². The average molecular weight is 407 g/mol. The standard InChI is InChI=1S/C18H15ClN2O5S/c19-12-8-6-11(7-9-12)14(15-16(22)20-18(24)21-17(15)23)10-27(25,26)13-4-2-1-3-5-13/h1-9,14-15H,10H2,(H2,20,21,22,23,24). The number of sulfone groups is 1. The highest BCUT2D eigenvalue weighted by molar-refractivity contribution is 7.91. The van der Waals surface area contributed by atoms with Crippen LogP contribution in [0.1, 0.15) is 11.5 Å². The molecule has 0 bridgehead atoms. The fraction of sp³-hybridized carbons (Fsp3) is 0.167. The van der Waals surface area contributed by atoms with Crippen molar-refractivity contribution in [1.82, 2.24) is 10.6 Å². The number of nitrogens with one attached hydrogen (secondary N) is 2. The molecule has 0 radical (unpaired) electrons. The van der Waals surface area contributed by atoms with Crippen LogP contribution in [0.5, 0.6) is 0 Å². The first-order valence-electron chi connectivity index (χ1n) is 7.97. The number of amides is 4. The van der Waals surface area contributed by atoms with Gasteiger partial charge in [0.25, 0.3) is 0 Å². The fourth-order valence-electron chi connectivity index (χ4n) is 2.95. The minimum absolute atomic E-state index is 0.0802. The molecule has 9 heteroatoms. The maximum absolute atomic E-state index is 12.8. The predicted molar refractivity (Wildman–Crippen MR) is 97.9 cm³/mol. The van der Waals surface area contributed by atoms with Gasteiger partial charge >= 0.3 is 6.03 Å². The van der Waals surface area contributed by atoms with Gasteiger partial charge in [0.2, 0.25) is 11.8 Å². The summed E-state index contributed by atoms with van der Waals surface area (Å²) in [6.07, 6.45) is 0. The van der Waals surface area contributed by atoms with Crippen LogP contribution in [0.3, 0.4) is 0 Å². The van der Waals surface area contributed by atoms with Crippen molar-refractivity contribution in [3.8, 4) is 0 Å². The zero-order valence-corrected chi connectivity index (χ0v) is 15.5. The Labute approximate surface area is 160 Å². The molecule has 3 rings (SSSR count). The van der Waals surface area contributed by atoms with Crippen LogP contribution in [-0.4, -0.2) is 32.0 Å². The average Bonchev–Trinajstić information content (AvgIpc) is 2.61. The Hall–Kier alpha value is -2.71. The van der Waals surface area contributed by atoms with E-state index in [2.05, 4.69) is 0 Å². The monoisotopic (exact) mass is 406 g/mol. The summed E-state index contributed by atoms with van der Waals surface area (Å²) in [4.78, 5) is 36.0. The van der Waals surface area contributed by atoms with E-state index in [1.807, 2.05) is 10.6 Å². The van der Waals surface area contributed by atoms with Crippen molar-refractivity contribution in [2.45, 2.75) is 10.8 Å². The Morgan fingerprint density at radius 1 is 0.889 bits per heavy atom. The lowest BCUT2D eigenvalue weighted by Crippen LogP contribution is -2.57. The smallest absolute Gasteiger partial charge is 0.277 e. The molecule has 1 atom stereocenters. The minimum Gasteiger partial charge on any atom is -0.277 e. The Bertz CT molecular complexity index is 970. The topological polar surface area (TPSA) is 109 Å². The zero-order valence-electron chi connectivity index (χ0n) is 13.9. The molecule has 1 heterocycles. The molecule has 1 aliphatic heterocycles. The highest BCUT2D eigenvalue weighted by Gasteiger charge is 2.42. The van der Waals surface area contributed by atoms with Crippen molar-refractivity contribution in [2.75, 3.05) is 5.75 Å². The van der Waals surface area contributed by atoms with Gasteiger partial charge in [-0.2, -0.15) is 0 Å². The zero-order chi connectivity index (χ0) is 19.6. The van der Waals surface area contributed by atoms with Crippen LogP contribution in [0.25, 0.3) is 0 Å². The first kappa shape index (κ1) is 19.1. The molecule has 2 aromatic carbocycles. The van der Waals surface area contributed by atoms with E-state index in [1.165, 1.54) is 12.1 Å². The number of urea groups is 1. The molecule has 4 amide bonds. The van der Waals surface area contributed by atoms with Crippen LogP contribution < -0.4 is 10.6 Å². The summed E-state index contributed by atoms with van der Waals surface area (Å²) in [7, 11) is -3.81. The summed E-state index contributed by atoms with van der Waals surface area (Å²) in [6.45, 7) is 0. The van der Waals surface area contributed by atoms with E-state index in [4.69, 9.17) is 11.6 Å². The Kier molecular flexibility index (Phi) is 5.29. The van der Waals surface area contributed by atoms with Crippen LogP contribution >= 0.6 is 11.6 Å². The van der Waals surface area contributed by atoms with Gasteiger partial charge < -0.3 is 0 Å². The van der Waals surface area contributed by atoms with Crippen LogP contribution in [0, 0.1) is 5.92 Å². The molecule has 2 aromatic rings. The van der Waals surface area contributed by atoms with Gasteiger partial charge in [-0.15, -0.1) is 0 Å². The molecule has 1 saturated heterocycles. The van der Waals surface area contributed by atoms with Crippen molar-refractivity contribution < 1.29 is 22.8 Å². The molecule has 2 N–H and O–H groups in total. The first-order chi connectivity index (χ1) is 12.8. The third kappa shape index (κ3) is 4.17. The summed E-state index contributed by atoms with van der Waals surface area (Å²) in [6, 6.07) is 13.0. The predicted octanol–water partition coefficient (Wildman–Crippen LogP) is 1.88. The fourth-order valence-corrected chi connectivity index (χ4v) is 4.70. The largest absolute Gasteiger partial charge is 0.328 e. The van der Waals surface area contributed by atoms with Crippen LogP contribution in [0.15, 0.2) is 59.5 Å². The number of barbiturate groups is 1. The number of carbonyl (C=O) groups is 3. The molecular formula is C18H15ClN2O5S. The van der Waals surface area contributed by atoms with Crippen molar-refractivity contribution in [1.29, 1.82) is 0 Å². The van der Waals surface area contributed by atoms with Crippen LogP contribution in [0.2, 0.25) is 5.02 Å². The SMILES string of the molecule is O=C1NC(=O)C(C(CS(=O)(=O)c2ccccc2)c2ccc(Cl)cc2)C(=O)N1. The van der Waals surface area contributed by atoms with E-state index in [0.29, 0.717) is 10.6 Å². The molecule has 1 aliphatic rings. The number of carbonyl (C=O) groups excluding carboxylic acids is 3. The summed E-state index contributed by atoms with van der Waals surface area (Å²) >= 11 is 5.89. The van der Waals surface area contributed by atoms with Gasteiger partial charge in [-0.3, -0.25) is 20.2 Å². The summed E-state index contributed by atoms with van der Waals surface area (Å²) in [5, 5.41) is 4.46. The van der Waals surface area contributed by atoms with Gasteiger partial charge in [-0.25, -0.2) is 13.2 Å². The van der Waals surface area contributed by atoms with E-state index in [-0.39, 0.29) is 4.90 Å². The van der Waals surface area contributed by atoms with Gasteiger partial charge in [-0.1, -0.05) is 41.9 Å². The second kappa shape index (κ2) is 7.50. The first-order valence-corrected chi connectivity index (χ1v) is 10.00. The van der Waals surface area contributed by atoms with Gasteiger partial charge in [0.15, 0.2) is 9.84 Å². The second-order valence-electron chi connectivity index (χ2n) is 6.04. The van der Waals surface area contributed by atoms with Gasteiger partial charge in [-0.05, 0) is 29.8 Å². The number of rotatable bonds is 5. The van der Waals surface area contributed by atoms with Gasteiger partial charge in [0.05, 0.1) is 10.6 Å². The van der Waals surface area contributed by atoms with Crippen molar-refractivity contribution >= 4 is 39.3 Å². The summed E-state index contributed by atoms with van der Waals surface area (Å²) in [5.41, 5.74) is 0.448. The second-order valence-corrected chi connectivity index (χ2v) is 8.51. The van der Waals surface area contributed by atoms with Gasteiger partial charge in [0.1, 0.15) is 5.92 Å². The highest BCUT2D eigenvalue weighted by atomic mass is 35.5. The molecule has 27 heavy (non-hydrogen) atoms. The van der Waals surface area contributed by atoms with E-state index in [0.717, 1.165) is 0 Å². The number of hydrogen-bond donors (Lipinski definition) is 2. The molecular weight excluding hydrogens is 392 g/mol. The van der Waals surface area contributed by atoms with Crippen molar-refractivity contribution in [3.05, 3.63) is 65.2 Å². The normalized spacial score (nSPS) is 16.6. The molecule has 0 aliphatic carbocycles. The number of hydrogen-bond acceptors (Lipinski definition) is 5. The maximum Gasteiger partial charge on any atom is 0.328 e. The van der Waals surface area contributed by atoms with E-state index in [9.17, 15) is 22.8 Å². The van der Waals surface area contributed by atoms with Crippen LogP contribution in [-0.2, 0) is 19.4 Å². The highest BCUT2D eigenvalue weighted by Crippen LogP contribution is 2.31. The number of halogens is 1. The van der Waals surface area contributed by atoms with Crippen molar-refractivity contribution in [2.24, 2.45) is 5.92 Å². The molecule has 0 spiro atoms. The summed E-state index contributed by atoms with van der Waals surface area (Å²) in [5.74, 6) is -4.54. The Morgan fingerprint density at radius 2 is 1.44 bits per heavy atom. The molecule has 1 unspecified atom stereocenters. The Morgan fingerprint density at radius 3 is 2.00 bits per heavy atom. The van der Waals surface area contributed by atoms with Crippen molar-refractivity contribution in [3.63, 3.8) is 0 Å². The molecule has 0 saturated carbocycles. The lowest BCUT2D eigenvalue weighted by atomic mass is 9.85. The molecule has 140 valence electrons. The lowest BCUT2D eigenvalue weighted by molar-refractivity contribution is -0.136. The minimum atomic E-state index is -3.81. The third-order valence-corrected chi connectivity index (χ3v) is 6.28. The lowest BCUT2D eigenvalue weighted by Gasteiger charge is -2.28.